The predicted octanol–water partition coefficient (Wildman–Crippen LogP) is 3.45. The Balaban J connectivity index is 1.86. The summed E-state index contributed by atoms with van der Waals surface area (Å²) in [6.45, 7) is 1.99. The monoisotopic (exact) mass is 356 g/mol. The van der Waals surface area contributed by atoms with E-state index >= 15 is 0 Å². The Labute approximate surface area is 149 Å². The summed E-state index contributed by atoms with van der Waals surface area (Å²) in [6.07, 6.45) is -0.556. The van der Waals surface area contributed by atoms with E-state index < -0.39 is 12.2 Å². The molecule has 2 aromatic rings. The molecule has 2 aromatic carbocycles. The van der Waals surface area contributed by atoms with E-state index in [9.17, 15) is 9.18 Å². The number of amides is 1. The van der Waals surface area contributed by atoms with Gasteiger partial charge in [-0.05, 0) is 17.9 Å². The zero-order valence-corrected chi connectivity index (χ0v) is 14.4. The van der Waals surface area contributed by atoms with Crippen molar-refractivity contribution in [3.05, 3.63) is 65.5 Å². The average molecular weight is 356 g/mol. The first-order chi connectivity index (χ1) is 12.2. The summed E-state index contributed by atoms with van der Waals surface area (Å²) in [5.41, 5.74) is 2.10. The minimum absolute atomic E-state index is 0.152. The second kappa shape index (κ2) is 6.40. The largest absolute Gasteiger partial charge is 0.360 e. The van der Waals surface area contributed by atoms with Crippen LogP contribution >= 0.6 is 11.8 Å². The summed E-state index contributed by atoms with van der Waals surface area (Å²) < 4.78 is 14.4. The molecule has 4 rings (SSSR count). The van der Waals surface area contributed by atoms with Crippen LogP contribution < -0.4 is 10.6 Å². The van der Waals surface area contributed by atoms with Crippen molar-refractivity contribution in [2.75, 3.05) is 11.1 Å². The van der Waals surface area contributed by atoms with Gasteiger partial charge in [-0.25, -0.2) is 4.39 Å². The molecule has 0 bridgehead atoms. The number of carbonyl (C=O) groups is 1. The minimum atomic E-state index is -0.594. The predicted molar refractivity (Wildman–Crippen MR) is 97.5 cm³/mol. The molecule has 25 heavy (non-hydrogen) atoms. The van der Waals surface area contributed by atoms with Gasteiger partial charge in [0.05, 0.1) is 0 Å². The van der Waals surface area contributed by atoms with Gasteiger partial charge in [-0.2, -0.15) is 0 Å². The van der Waals surface area contributed by atoms with E-state index in [1.807, 2.05) is 31.2 Å². The minimum Gasteiger partial charge on any atom is -0.360 e. The number of thioether (sulfide) groups is 1. The van der Waals surface area contributed by atoms with Crippen molar-refractivity contribution in [3.63, 3.8) is 0 Å². The number of rotatable bonds is 2. The molecule has 0 saturated heterocycles. The number of fused-ring (bicyclic) bond motifs is 3. The number of amidine groups is 1. The Bertz CT molecular complexity index is 856. The van der Waals surface area contributed by atoms with Crippen LogP contribution in [0.1, 0.15) is 30.3 Å². The van der Waals surface area contributed by atoms with E-state index in [2.05, 4.69) is 15.7 Å². The highest BCUT2D eigenvalue weighted by Gasteiger charge is 2.42. The van der Waals surface area contributed by atoms with Crippen molar-refractivity contribution in [3.8, 4) is 0 Å². The van der Waals surface area contributed by atoms with Crippen LogP contribution in [0.5, 0.6) is 0 Å². The van der Waals surface area contributed by atoms with E-state index in [0.29, 0.717) is 10.7 Å². The zero-order chi connectivity index (χ0) is 17.4. The number of nitrogens with one attached hydrogen (secondary N) is 2. The SMILES string of the molecule is CCSC1=NN2[C@@H](c3ccccc3F)Nc3ccccc3[C@@H]2C(=O)N1. The van der Waals surface area contributed by atoms with E-state index in [4.69, 9.17) is 0 Å². The van der Waals surface area contributed by atoms with Gasteiger partial charge < -0.3 is 10.6 Å². The van der Waals surface area contributed by atoms with Crippen molar-refractivity contribution in [2.45, 2.75) is 19.1 Å². The summed E-state index contributed by atoms with van der Waals surface area (Å²) in [5, 5.41) is 13.0. The summed E-state index contributed by atoms with van der Waals surface area (Å²) in [4.78, 5) is 12.8. The standard InChI is InChI=1S/C18H17FN4OS/c1-2-25-18-21-17(24)15-12-8-4-6-10-14(12)20-16(23(15)22-18)11-7-3-5-9-13(11)19/h3-10,15-16,20H,2H2,1H3,(H,21,22,24)/t15-,16+/m1/s1. The fourth-order valence-corrected chi connectivity index (χ4v) is 3.77. The summed E-state index contributed by atoms with van der Waals surface area (Å²) >= 11 is 1.45. The van der Waals surface area contributed by atoms with Crippen LogP contribution in [0, 0.1) is 5.82 Å². The molecule has 5 nitrogen and oxygen atoms in total. The van der Waals surface area contributed by atoms with Gasteiger partial charge >= 0.3 is 0 Å². The van der Waals surface area contributed by atoms with Gasteiger partial charge in [0.2, 0.25) is 0 Å². The second-order valence-electron chi connectivity index (χ2n) is 5.77. The maximum atomic E-state index is 14.4. The number of para-hydroxylation sites is 1. The third-order valence-corrected chi connectivity index (χ3v) is 4.99. The fourth-order valence-electron chi connectivity index (χ4n) is 3.17. The highest BCUT2D eigenvalue weighted by atomic mass is 32.2. The quantitative estimate of drug-likeness (QED) is 0.865. The molecule has 2 atom stereocenters. The highest BCUT2D eigenvalue weighted by molar-refractivity contribution is 8.13. The number of benzene rings is 2. The number of nitrogens with zero attached hydrogens (tertiary/aromatic N) is 2. The van der Waals surface area contributed by atoms with E-state index in [0.717, 1.165) is 17.0 Å². The van der Waals surface area contributed by atoms with Crippen molar-refractivity contribution in [1.29, 1.82) is 0 Å². The first kappa shape index (κ1) is 16.0. The zero-order valence-electron chi connectivity index (χ0n) is 13.6. The molecule has 0 unspecified atom stereocenters. The molecule has 2 heterocycles. The summed E-state index contributed by atoms with van der Waals surface area (Å²) in [6, 6.07) is 13.5. The molecule has 7 heteroatoms. The smallest absolute Gasteiger partial charge is 0.255 e. The molecule has 0 aromatic heterocycles. The lowest BCUT2D eigenvalue weighted by molar-refractivity contribution is -0.127. The van der Waals surface area contributed by atoms with Gasteiger partial charge in [0.1, 0.15) is 12.0 Å². The van der Waals surface area contributed by atoms with Crippen LogP contribution in [0.15, 0.2) is 53.6 Å². The van der Waals surface area contributed by atoms with E-state index in [1.54, 1.807) is 23.2 Å². The third-order valence-electron chi connectivity index (χ3n) is 4.24. The third kappa shape index (κ3) is 2.74. The summed E-state index contributed by atoms with van der Waals surface area (Å²) in [5.74, 6) is 0.302. The van der Waals surface area contributed by atoms with Crippen molar-refractivity contribution >= 4 is 28.5 Å². The maximum absolute atomic E-state index is 14.4. The number of anilines is 1. The number of hydrogen-bond acceptors (Lipinski definition) is 5. The van der Waals surface area contributed by atoms with E-state index in [-0.39, 0.29) is 11.7 Å². The molecular formula is C18H17FN4OS. The molecule has 0 fully saturated rings. The van der Waals surface area contributed by atoms with Crippen molar-refractivity contribution in [2.24, 2.45) is 5.10 Å². The molecule has 0 radical (unpaired) electrons. The van der Waals surface area contributed by atoms with Crippen LogP contribution in [0.4, 0.5) is 10.1 Å². The Morgan fingerprint density at radius 1 is 1.16 bits per heavy atom. The van der Waals surface area contributed by atoms with Crippen LogP contribution in [-0.4, -0.2) is 21.8 Å². The van der Waals surface area contributed by atoms with Gasteiger partial charge in [0.25, 0.3) is 5.91 Å². The molecule has 2 N–H and O–H groups in total. The van der Waals surface area contributed by atoms with Crippen LogP contribution in [0.25, 0.3) is 0 Å². The van der Waals surface area contributed by atoms with Gasteiger partial charge in [-0.1, -0.05) is 55.1 Å². The summed E-state index contributed by atoms with van der Waals surface area (Å²) in [7, 11) is 0. The number of hydrogen-bond donors (Lipinski definition) is 2. The molecular weight excluding hydrogens is 339 g/mol. The fraction of sp³-hybridized carbons (Fsp3) is 0.222. The first-order valence-corrected chi connectivity index (χ1v) is 9.08. The Kier molecular flexibility index (Phi) is 4.09. The highest BCUT2D eigenvalue weighted by Crippen LogP contribution is 2.42. The average Bonchev–Trinajstić information content (AvgIpc) is 2.61. The normalized spacial score (nSPS) is 21.6. The first-order valence-electron chi connectivity index (χ1n) is 8.09. The molecule has 128 valence electrons. The van der Waals surface area contributed by atoms with Gasteiger partial charge in [0.15, 0.2) is 11.2 Å². The second-order valence-corrected chi connectivity index (χ2v) is 7.02. The Hall–Kier alpha value is -2.54. The van der Waals surface area contributed by atoms with Gasteiger partial charge in [0, 0.05) is 16.8 Å². The molecule has 1 amide bonds. The lowest BCUT2D eigenvalue weighted by Crippen LogP contribution is -2.51. The Morgan fingerprint density at radius 3 is 2.64 bits per heavy atom. The van der Waals surface area contributed by atoms with Gasteiger partial charge in [-0.3, -0.25) is 9.80 Å². The Morgan fingerprint density at radius 2 is 1.88 bits per heavy atom. The van der Waals surface area contributed by atoms with Crippen molar-refractivity contribution in [1.82, 2.24) is 10.3 Å². The molecule has 0 saturated carbocycles. The van der Waals surface area contributed by atoms with Crippen LogP contribution in [0.2, 0.25) is 0 Å². The molecule has 0 spiro atoms. The van der Waals surface area contributed by atoms with E-state index in [1.165, 1.54) is 17.8 Å². The molecule has 2 aliphatic rings. The lowest BCUT2D eigenvalue weighted by Gasteiger charge is -2.43. The van der Waals surface area contributed by atoms with Gasteiger partial charge in [-0.15, -0.1) is 5.10 Å². The number of hydrazone groups is 1. The number of carbonyl (C=O) groups excluding carboxylic acids is 1. The van der Waals surface area contributed by atoms with Crippen LogP contribution in [-0.2, 0) is 4.79 Å². The van der Waals surface area contributed by atoms with Crippen LogP contribution in [0.3, 0.4) is 0 Å². The maximum Gasteiger partial charge on any atom is 0.255 e. The topological polar surface area (TPSA) is 56.7 Å². The number of halogens is 1. The molecule has 0 aliphatic carbocycles. The molecule has 2 aliphatic heterocycles. The van der Waals surface area contributed by atoms with Crippen molar-refractivity contribution < 1.29 is 9.18 Å². The lowest BCUT2D eigenvalue weighted by atomic mass is 9.97.